The third-order valence-electron chi connectivity index (χ3n) is 5.06. The highest BCUT2D eigenvalue weighted by molar-refractivity contribution is 6.30. The largest absolute Gasteiger partial charge is 0.490 e. The van der Waals surface area contributed by atoms with Crippen molar-refractivity contribution < 1.29 is 27.9 Å². The Bertz CT molecular complexity index is 1150. The lowest BCUT2D eigenvalue weighted by Gasteiger charge is -2.28. The molecule has 0 saturated heterocycles. The average molecular weight is 480 g/mol. The summed E-state index contributed by atoms with van der Waals surface area (Å²) in [5.41, 5.74) is 10.6. The molecule has 33 heavy (non-hydrogen) atoms. The van der Waals surface area contributed by atoms with Crippen LogP contribution < -0.4 is 11.1 Å². The Morgan fingerprint density at radius 3 is 2.33 bits per heavy atom. The Kier molecular flexibility index (Phi) is 7.45. The third kappa shape index (κ3) is 5.55. The average Bonchev–Trinajstić information content (AvgIpc) is 3.18. The highest BCUT2D eigenvalue weighted by Gasteiger charge is 2.38. The van der Waals surface area contributed by atoms with E-state index < -0.39 is 12.1 Å². The van der Waals surface area contributed by atoms with Gasteiger partial charge in [-0.05, 0) is 42.3 Å². The minimum absolute atomic E-state index is 0.0521. The number of fused-ring (bicyclic) bond motifs is 1. The molecule has 174 valence electrons. The van der Waals surface area contributed by atoms with Gasteiger partial charge >= 0.3 is 12.1 Å². The number of nitrogens with two attached hydrogens (primary N) is 1. The summed E-state index contributed by atoms with van der Waals surface area (Å²) in [7, 11) is 0. The fraction of sp³-hybridized carbons (Fsp3) is 0.217. The number of carbonyl (C=O) groups excluding carboxylic acids is 1. The molecule has 1 atom stereocenters. The normalized spacial score (nSPS) is 15.2. The van der Waals surface area contributed by atoms with E-state index in [2.05, 4.69) is 22.0 Å². The number of nitrogens with one attached hydrogen (secondary N) is 1. The van der Waals surface area contributed by atoms with Crippen LogP contribution in [0.4, 0.5) is 13.2 Å². The van der Waals surface area contributed by atoms with E-state index in [-0.39, 0.29) is 11.9 Å². The molecular weight excluding hydrogens is 459 g/mol. The Labute approximate surface area is 192 Å². The molecule has 4 N–H and O–H groups in total. The van der Waals surface area contributed by atoms with Gasteiger partial charge < -0.3 is 20.7 Å². The molecule has 0 fully saturated rings. The fourth-order valence-electron chi connectivity index (χ4n) is 3.66. The first-order valence-electron chi connectivity index (χ1n) is 9.98. The van der Waals surface area contributed by atoms with Crippen molar-refractivity contribution in [1.82, 2.24) is 9.88 Å². The minimum Gasteiger partial charge on any atom is -0.475 e. The van der Waals surface area contributed by atoms with E-state index in [9.17, 15) is 18.0 Å². The first-order valence-corrected chi connectivity index (χ1v) is 10.4. The molecule has 3 aromatic rings. The highest BCUT2D eigenvalue weighted by Crippen LogP contribution is 2.39. The second kappa shape index (κ2) is 10.1. The van der Waals surface area contributed by atoms with Gasteiger partial charge in [-0.3, -0.25) is 4.79 Å². The number of aliphatic carboxylic acids is 1. The molecule has 1 aliphatic heterocycles. The number of aromatic nitrogens is 1. The van der Waals surface area contributed by atoms with Gasteiger partial charge in [0.05, 0.1) is 11.7 Å². The summed E-state index contributed by atoms with van der Waals surface area (Å²) >= 11 is 6.22. The summed E-state index contributed by atoms with van der Waals surface area (Å²) in [4.78, 5) is 21.4. The van der Waals surface area contributed by atoms with Gasteiger partial charge in [0.1, 0.15) is 5.69 Å². The van der Waals surface area contributed by atoms with Gasteiger partial charge in [0.2, 0.25) is 0 Å². The quantitative estimate of drug-likeness (QED) is 0.503. The summed E-state index contributed by atoms with van der Waals surface area (Å²) in [6.07, 6.45) is -4.28. The lowest BCUT2D eigenvalue weighted by atomic mass is 10.0. The SMILES string of the molecule is NCCC1CNC(=O)c2cc(-c3cccc(Cl)c3)c(-c3ccccc3)n21.O=C(O)C(F)(F)F. The smallest absolute Gasteiger partial charge is 0.475 e. The highest BCUT2D eigenvalue weighted by atomic mass is 35.5. The maximum atomic E-state index is 12.5. The van der Waals surface area contributed by atoms with Crippen LogP contribution in [0.25, 0.3) is 22.4 Å². The predicted octanol–water partition coefficient (Wildman–Crippen LogP) is 4.74. The van der Waals surface area contributed by atoms with Crippen molar-refractivity contribution in [3.8, 4) is 22.4 Å². The van der Waals surface area contributed by atoms with Crippen molar-refractivity contribution in [2.24, 2.45) is 5.73 Å². The van der Waals surface area contributed by atoms with Crippen LogP contribution in [0.1, 0.15) is 23.0 Å². The van der Waals surface area contributed by atoms with Crippen molar-refractivity contribution in [3.63, 3.8) is 0 Å². The molecule has 4 rings (SSSR count). The first kappa shape index (κ1) is 24.3. The Balaban J connectivity index is 0.000000383. The number of carbonyl (C=O) groups is 2. The minimum atomic E-state index is -5.08. The molecule has 0 bridgehead atoms. The van der Waals surface area contributed by atoms with Crippen molar-refractivity contribution in [2.45, 2.75) is 18.6 Å². The molecule has 1 unspecified atom stereocenters. The van der Waals surface area contributed by atoms with Crippen molar-refractivity contribution in [3.05, 3.63) is 71.4 Å². The van der Waals surface area contributed by atoms with E-state index in [1.54, 1.807) is 0 Å². The van der Waals surface area contributed by atoms with Gasteiger partial charge in [-0.15, -0.1) is 0 Å². The Hall–Kier alpha value is -3.30. The number of hydrogen-bond acceptors (Lipinski definition) is 3. The maximum absolute atomic E-state index is 12.5. The maximum Gasteiger partial charge on any atom is 0.490 e. The van der Waals surface area contributed by atoms with Crippen LogP contribution in [0.2, 0.25) is 5.02 Å². The van der Waals surface area contributed by atoms with Crippen molar-refractivity contribution in [2.75, 3.05) is 13.1 Å². The van der Waals surface area contributed by atoms with Gasteiger partial charge in [-0.25, -0.2) is 4.79 Å². The summed E-state index contributed by atoms with van der Waals surface area (Å²) in [6.45, 7) is 1.16. The summed E-state index contributed by atoms with van der Waals surface area (Å²) in [5.74, 6) is -2.81. The molecule has 6 nitrogen and oxygen atoms in total. The first-order chi connectivity index (χ1) is 15.6. The Morgan fingerprint density at radius 2 is 1.76 bits per heavy atom. The number of benzene rings is 2. The molecule has 0 spiro atoms. The van der Waals surface area contributed by atoms with E-state index in [1.807, 2.05) is 48.5 Å². The van der Waals surface area contributed by atoms with Crippen LogP contribution in [0, 0.1) is 0 Å². The van der Waals surface area contributed by atoms with Crippen LogP contribution in [-0.4, -0.2) is 40.8 Å². The predicted molar refractivity (Wildman–Crippen MR) is 119 cm³/mol. The fourth-order valence-corrected chi connectivity index (χ4v) is 3.85. The lowest BCUT2D eigenvalue weighted by molar-refractivity contribution is -0.192. The molecular formula is C23H21ClF3N3O3. The number of alkyl halides is 3. The molecule has 0 saturated carbocycles. The number of carboxylic acids is 1. The van der Waals surface area contributed by atoms with Crippen LogP contribution in [0.15, 0.2) is 60.7 Å². The lowest BCUT2D eigenvalue weighted by Crippen LogP contribution is -2.39. The van der Waals surface area contributed by atoms with E-state index in [0.717, 1.165) is 28.8 Å². The topological polar surface area (TPSA) is 97.4 Å². The van der Waals surface area contributed by atoms with Gasteiger partial charge in [0, 0.05) is 17.1 Å². The Morgan fingerprint density at radius 1 is 1.12 bits per heavy atom. The van der Waals surface area contributed by atoms with Crippen LogP contribution in [0.5, 0.6) is 0 Å². The number of hydrogen-bond donors (Lipinski definition) is 3. The number of amides is 1. The van der Waals surface area contributed by atoms with Crippen LogP contribution in [-0.2, 0) is 4.79 Å². The molecule has 0 aliphatic carbocycles. The van der Waals surface area contributed by atoms with Crippen molar-refractivity contribution >= 4 is 23.5 Å². The second-order valence-corrected chi connectivity index (χ2v) is 7.72. The molecule has 2 aromatic carbocycles. The number of halogens is 4. The molecule has 2 heterocycles. The molecule has 10 heteroatoms. The van der Waals surface area contributed by atoms with Crippen LogP contribution >= 0.6 is 11.6 Å². The zero-order valence-corrected chi connectivity index (χ0v) is 18.0. The summed E-state index contributed by atoms with van der Waals surface area (Å²) < 4.78 is 33.9. The van der Waals surface area contributed by atoms with Gasteiger partial charge in [-0.1, -0.05) is 54.1 Å². The standard InChI is InChI=1S/C21H20ClN3O.C2HF3O2/c22-16-8-4-7-15(11-16)18-12-19-21(26)24-13-17(9-10-23)25(19)20(18)14-5-2-1-3-6-14;3-2(4,5)1(6)7/h1-8,11-12,17H,9-10,13,23H2,(H,24,26);(H,6,7). The molecule has 1 aromatic heterocycles. The monoisotopic (exact) mass is 479 g/mol. The van der Waals surface area contributed by atoms with Crippen molar-refractivity contribution in [1.29, 1.82) is 0 Å². The van der Waals surface area contributed by atoms with E-state index in [1.165, 1.54) is 0 Å². The van der Waals surface area contributed by atoms with Gasteiger partial charge in [-0.2, -0.15) is 13.2 Å². The second-order valence-electron chi connectivity index (χ2n) is 7.28. The molecule has 0 radical (unpaired) electrons. The van der Waals surface area contributed by atoms with E-state index in [0.29, 0.717) is 23.8 Å². The van der Waals surface area contributed by atoms with Crippen LogP contribution in [0.3, 0.4) is 0 Å². The molecule has 1 aliphatic rings. The zero-order valence-electron chi connectivity index (χ0n) is 17.3. The van der Waals surface area contributed by atoms with Gasteiger partial charge in [0.25, 0.3) is 5.91 Å². The third-order valence-corrected chi connectivity index (χ3v) is 5.29. The number of nitrogens with zero attached hydrogens (tertiary/aromatic N) is 1. The number of rotatable bonds is 4. The van der Waals surface area contributed by atoms with Gasteiger partial charge in [0.15, 0.2) is 0 Å². The zero-order chi connectivity index (χ0) is 24.2. The van der Waals surface area contributed by atoms with E-state index >= 15 is 0 Å². The summed E-state index contributed by atoms with van der Waals surface area (Å²) in [6, 6.07) is 20.0. The number of carboxylic acid groups (broad SMARTS) is 1. The van der Waals surface area contributed by atoms with E-state index in [4.69, 9.17) is 27.2 Å². The molecule has 1 amide bonds. The summed E-state index contributed by atoms with van der Waals surface area (Å²) in [5, 5.41) is 10.8.